The van der Waals surface area contributed by atoms with E-state index >= 15 is 0 Å². The fourth-order valence-corrected chi connectivity index (χ4v) is 4.50. The summed E-state index contributed by atoms with van der Waals surface area (Å²) in [7, 11) is 0. The summed E-state index contributed by atoms with van der Waals surface area (Å²) in [6, 6.07) is 3.80. The van der Waals surface area contributed by atoms with Crippen molar-refractivity contribution in [1.82, 2.24) is 10.3 Å². The van der Waals surface area contributed by atoms with E-state index in [1.54, 1.807) is 0 Å². The molecule has 2 heterocycles. The van der Waals surface area contributed by atoms with Crippen LogP contribution in [0.2, 0.25) is 4.34 Å². The molecule has 0 bridgehead atoms. The van der Waals surface area contributed by atoms with E-state index in [9.17, 15) is 4.79 Å². The van der Waals surface area contributed by atoms with Crippen molar-refractivity contribution in [3.05, 3.63) is 27.5 Å². The first-order valence-corrected chi connectivity index (χ1v) is 9.60. The van der Waals surface area contributed by atoms with Gasteiger partial charge in [-0.05, 0) is 31.4 Å². The first-order chi connectivity index (χ1) is 10.8. The Labute approximate surface area is 174 Å². The molecular formula is C16H24Cl3N3OS2. The van der Waals surface area contributed by atoms with Gasteiger partial charge in [0, 0.05) is 17.5 Å². The molecule has 9 heteroatoms. The Hall–Kier alpha value is -0.370. The number of nitrogens with zero attached hydrogens (tertiary/aromatic N) is 1. The predicted molar refractivity (Wildman–Crippen MR) is 114 cm³/mol. The second-order valence-corrected chi connectivity index (χ2v) is 8.91. The largest absolute Gasteiger partial charge is 0.349 e. The van der Waals surface area contributed by atoms with Gasteiger partial charge in [-0.1, -0.05) is 25.4 Å². The van der Waals surface area contributed by atoms with Crippen molar-refractivity contribution in [1.29, 1.82) is 0 Å². The lowest BCUT2D eigenvalue weighted by Gasteiger charge is -2.31. The summed E-state index contributed by atoms with van der Waals surface area (Å²) in [6.45, 7) is 6.66. The average Bonchev–Trinajstić information content (AvgIpc) is 3.06. The third-order valence-corrected chi connectivity index (χ3v) is 5.72. The summed E-state index contributed by atoms with van der Waals surface area (Å²) in [5.74, 6) is 0.429. The molecule has 0 saturated heterocycles. The number of thiophene rings is 1. The van der Waals surface area contributed by atoms with Gasteiger partial charge in [-0.2, -0.15) is 0 Å². The molecule has 2 aromatic rings. The number of nitrogens with two attached hydrogens (primary N) is 1. The molecule has 0 fully saturated rings. The first kappa shape index (κ1) is 24.6. The number of halogens is 3. The van der Waals surface area contributed by atoms with Gasteiger partial charge in [-0.25, -0.2) is 4.98 Å². The Bertz CT molecular complexity index is 675. The van der Waals surface area contributed by atoms with Crippen molar-refractivity contribution in [2.75, 3.05) is 6.54 Å². The fourth-order valence-electron chi connectivity index (χ4n) is 2.56. The number of thiazole rings is 1. The highest BCUT2D eigenvalue weighted by Gasteiger charge is 2.26. The Morgan fingerprint density at radius 3 is 2.60 bits per heavy atom. The number of rotatable bonds is 7. The quantitative estimate of drug-likeness (QED) is 0.645. The summed E-state index contributed by atoms with van der Waals surface area (Å²) >= 11 is 8.97. The van der Waals surface area contributed by atoms with Gasteiger partial charge in [0.05, 0.1) is 21.3 Å². The van der Waals surface area contributed by atoms with Crippen LogP contribution in [-0.4, -0.2) is 23.0 Å². The molecule has 2 aromatic heterocycles. The number of carbonyl (C=O) groups excluding carboxylic acids is 1. The molecule has 0 spiro atoms. The maximum Gasteiger partial charge on any atom is 0.226 e. The Morgan fingerprint density at radius 2 is 2.08 bits per heavy atom. The van der Waals surface area contributed by atoms with Crippen LogP contribution in [0.15, 0.2) is 17.5 Å². The van der Waals surface area contributed by atoms with Crippen LogP contribution >= 0.6 is 59.1 Å². The van der Waals surface area contributed by atoms with E-state index in [-0.39, 0.29) is 42.7 Å². The molecule has 0 radical (unpaired) electrons. The molecule has 142 valence electrons. The van der Waals surface area contributed by atoms with Crippen LogP contribution in [-0.2, 0) is 11.2 Å². The van der Waals surface area contributed by atoms with Gasteiger partial charge < -0.3 is 11.1 Å². The van der Waals surface area contributed by atoms with Crippen LogP contribution in [0.1, 0.15) is 32.9 Å². The van der Waals surface area contributed by atoms with E-state index in [0.29, 0.717) is 12.5 Å². The second-order valence-electron chi connectivity index (χ2n) is 6.34. The highest BCUT2D eigenvalue weighted by atomic mass is 35.5. The number of amides is 1. The van der Waals surface area contributed by atoms with Gasteiger partial charge in [-0.15, -0.1) is 47.5 Å². The van der Waals surface area contributed by atoms with Crippen LogP contribution < -0.4 is 11.1 Å². The molecule has 1 atom stereocenters. The van der Waals surface area contributed by atoms with Crippen molar-refractivity contribution in [2.24, 2.45) is 11.7 Å². The summed E-state index contributed by atoms with van der Waals surface area (Å²) in [5.41, 5.74) is 6.24. The number of carbonyl (C=O) groups is 1. The minimum atomic E-state index is -0.370. The van der Waals surface area contributed by atoms with E-state index in [1.165, 1.54) is 22.7 Å². The molecule has 1 amide bonds. The molecule has 3 N–H and O–H groups in total. The van der Waals surface area contributed by atoms with E-state index < -0.39 is 0 Å². The fraction of sp³-hybridized carbons (Fsp3) is 0.500. The predicted octanol–water partition coefficient (Wildman–Crippen LogP) is 4.79. The topological polar surface area (TPSA) is 68.0 Å². The molecule has 0 aliphatic carbocycles. The standard InChI is InChI=1S/C16H22ClN3OS2.2ClH/c1-10(2)7-16(3,9-18)20-14(21)6-11-8-22-15(19-11)12-4-5-13(17)23-12;;/h4-5,8,10H,6-7,9,18H2,1-3H3,(H,20,21);2*1H. The van der Waals surface area contributed by atoms with E-state index in [4.69, 9.17) is 17.3 Å². The number of aromatic nitrogens is 1. The molecule has 0 aliphatic heterocycles. The Morgan fingerprint density at radius 1 is 1.40 bits per heavy atom. The highest BCUT2D eigenvalue weighted by Crippen LogP contribution is 2.33. The van der Waals surface area contributed by atoms with Crippen molar-refractivity contribution < 1.29 is 4.79 Å². The first-order valence-electron chi connectivity index (χ1n) is 7.52. The van der Waals surface area contributed by atoms with Crippen LogP contribution in [0.4, 0.5) is 0 Å². The monoisotopic (exact) mass is 443 g/mol. The lowest BCUT2D eigenvalue weighted by molar-refractivity contribution is -0.122. The van der Waals surface area contributed by atoms with Crippen LogP contribution in [0, 0.1) is 5.92 Å². The smallest absolute Gasteiger partial charge is 0.226 e. The van der Waals surface area contributed by atoms with Crippen LogP contribution in [0.25, 0.3) is 9.88 Å². The molecule has 1 unspecified atom stereocenters. The van der Waals surface area contributed by atoms with E-state index in [1.807, 2.05) is 24.4 Å². The summed E-state index contributed by atoms with van der Waals surface area (Å²) in [6.07, 6.45) is 1.12. The maximum atomic E-state index is 12.3. The van der Waals surface area contributed by atoms with Gasteiger partial charge in [0.25, 0.3) is 0 Å². The van der Waals surface area contributed by atoms with Gasteiger partial charge in [0.15, 0.2) is 0 Å². The van der Waals surface area contributed by atoms with Crippen molar-refractivity contribution in [2.45, 2.75) is 39.2 Å². The minimum Gasteiger partial charge on any atom is -0.349 e. The zero-order valence-corrected chi connectivity index (χ0v) is 18.4. The lowest BCUT2D eigenvalue weighted by atomic mass is 9.90. The molecule has 4 nitrogen and oxygen atoms in total. The number of hydrogen-bond donors (Lipinski definition) is 2. The number of nitrogens with one attached hydrogen (secondary N) is 1. The molecule has 0 aliphatic rings. The van der Waals surface area contributed by atoms with E-state index in [2.05, 4.69) is 24.1 Å². The van der Waals surface area contributed by atoms with Gasteiger partial charge in [0.2, 0.25) is 5.91 Å². The lowest BCUT2D eigenvalue weighted by Crippen LogP contribution is -2.52. The third-order valence-electron chi connectivity index (χ3n) is 3.43. The summed E-state index contributed by atoms with van der Waals surface area (Å²) in [4.78, 5) is 17.9. The molecule has 0 aromatic carbocycles. The van der Waals surface area contributed by atoms with Gasteiger partial charge in [0.1, 0.15) is 5.01 Å². The third kappa shape index (κ3) is 7.41. The summed E-state index contributed by atoms with van der Waals surface area (Å²) < 4.78 is 0.738. The molecular weight excluding hydrogens is 421 g/mol. The van der Waals surface area contributed by atoms with Crippen molar-refractivity contribution in [3.8, 4) is 9.88 Å². The SMILES string of the molecule is CC(C)CC(C)(CN)NC(=O)Cc1csc(-c2ccc(Cl)s2)n1.Cl.Cl. The molecule has 0 saturated carbocycles. The molecule has 25 heavy (non-hydrogen) atoms. The maximum absolute atomic E-state index is 12.3. The Balaban J connectivity index is 0.00000288. The summed E-state index contributed by atoms with van der Waals surface area (Å²) in [5, 5.41) is 5.88. The van der Waals surface area contributed by atoms with Crippen LogP contribution in [0.3, 0.4) is 0 Å². The highest BCUT2D eigenvalue weighted by molar-refractivity contribution is 7.23. The number of hydrogen-bond acceptors (Lipinski definition) is 5. The zero-order valence-electron chi connectivity index (χ0n) is 14.4. The van der Waals surface area contributed by atoms with Crippen LogP contribution in [0.5, 0.6) is 0 Å². The molecule has 2 rings (SSSR count). The second kappa shape index (κ2) is 10.7. The van der Waals surface area contributed by atoms with E-state index in [0.717, 1.165) is 26.3 Å². The average molecular weight is 445 g/mol. The van der Waals surface area contributed by atoms with Crippen molar-refractivity contribution >= 4 is 65.0 Å². The van der Waals surface area contributed by atoms with Gasteiger partial charge >= 0.3 is 0 Å². The zero-order chi connectivity index (χ0) is 17.0. The van der Waals surface area contributed by atoms with Gasteiger partial charge in [-0.3, -0.25) is 4.79 Å². The normalized spacial score (nSPS) is 12.9. The van der Waals surface area contributed by atoms with Crippen molar-refractivity contribution in [3.63, 3.8) is 0 Å². The minimum absolute atomic E-state index is 0. The Kier molecular flexibility index (Phi) is 10.5.